The van der Waals surface area contributed by atoms with Gasteiger partial charge in [-0.3, -0.25) is 9.78 Å². The first-order chi connectivity index (χ1) is 10.2. The zero-order valence-corrected chi connectivity index (χ0v) is 11.9. The van der Waals surface area contributed by atoms with Gasteiger partial charge in [0.25, 0.3) is 0 Å². The fraction of sp³-hybridized carbons (Fsp3) is 0.0588. The monoisotopic (exact) mass is 297 g/mol. The van der Waals surface area contributed by atoms with Gasteiger partial charge in [0.15, 0.2) is 6.61 Å². The molecule has 0 amide bonds. The van der Waals surface area contributed by atoms with Crippen LogP contribution in [0.4, 0.5) is 0 Å². The summed E-state index contributed by atoms with van der Waals surface area (Å²) in [5, 5.41) is 2.40. The van der Waals surface area contributed by atoms with Gasteiger partial charge in [0, 0.05) is 28.4 Å². The Morgan fingerprint density at radius 2 is 2.00 bits per heavy atom. The van der Waals surface area contributed by atoms with Crippen molar-refractivity contribution in [2.45, 2.75) is 0 Å². The number of pyridine rings is 1. The van der Waals surface area contributed by atoms with E-state index in [9.17, 15) is 4.79 Å². The van der Waals surface area contributed by atoms with E-state index >= 15 is 0 Å². The van der Waals surface area contributed by atoms with Crippen LogP contribution >= 0.6 is 11.6 Å². The average molecular weight is 298 g/mol. The Bertz CT molecular complexity index is 796. The van der Waals surface area contributed by atoms with Gasteiger partial charge in [-0.25, -0.2) is 0 Å². The summed E-state index contributed by atoms with van der Waals surface area (Å²) in [4.78, 5) is 16.4. The molecule has 104 valence electrons. The zero-order chi connectivity index (χ0) is 14.7. The van der Waals surface area contributed by atoms with Crippen LogP contribution in [0.2, 0.25) is 5.02 Å². The summed E-state index contributed by atoms with van der Waals surface area (Å²) in [7, 11) is 0. The second kappa shape index (κ2) is 5.94. The summed E-state index contributed by atoms with van der Waals surface area (Å²) in [5.74, 6) is 0.489. The molecule has 0 atom stereocenters. The lowest BCUT2D eigenvalue weighted by molar-refractivity contribution is 0.0923. The summed E-state index contributed by atoms with van der Waals surface area (Å²) >= 11 is 5.88. The van der Waals surface area contributed by atoms with E-state index in [4.69, 9.17) is 16.3 Å². The largest absolute Gasteiger partial charge is 0.485 e. The predicted octanol–water partition coefficient (Wildman–Crippen LogP) is 4.15. The summed E-state index contributed by atoms with van der Waals surface area (Å²) in [6, 6.07) is 14.5. The Hall–Kier alpha value is -2.39. The molecule has 4 heteroatoms. The number of fused-ring (bicyclic) bond motifs is 1. The SMILES string of the molecule is O=C(COc1cccc(Cl)c1)c1cccc2ccncc12. The first kappa shape index (κ1) is 13.6. The Morgan fingerprint density at radius 1 is 1.14 bits per heavy atom. The van der Waals surface area contributed by atoms with Crippen molar-refractivity contribution >= 4 is 28.2 Å². The van der Waals surface area contributed by atoms with E-state index in [1.807, 2.05) is 18.2 Å². The molecule has 0 aliphatic carbocycles. The van der Waals surface area contributed by atoms with E-state index in [1.165, 1.54) is 0 Å². The van der Waals surface area contributed by atoms with Crippen molar-refractivity contribution in [3.63, 3.8) is 0 Å². The van der Waals surface area contributed by atoms with Gasteiger partial charge in [-0.1, -0.05) is 35.9 Å². The number of hydrogen-bond donors (Lipinski definition) is 0. The van der Waals surface area contributed by atoms with Crippen molar-refractivity contribution in [2.24, 2.45) is 0 Å². The number of rotatable bonds is 4. The fourth-order valence-corrected chi connectivity index (χ4v) is 2.32. The first-order valence-electron chi connectivity index (χ1n) is 6.48. The Balaban J connectivity index is 1.81. The molecule has 3 nitrogen and oxygen atoms in total. The highest BCUT2D eigenvalue weighted by Crippen LogP contribution is 2.20. The van der Waals surface area contributed by atoms with Gasteiger partial charge >= 0.3 is 0 Å². The summed E-state index contributed by atoms with van der Waals surface area (Å²) < 4.78 is 5.50. The highest BCUT2D eigenvalue weighted by Gasteiger charge is 2.11. The van der Waals surface area contributed by atoms with E-state index in [2.05, 4.69) is 4.98 Å². The van der Waals surface area contributed by atoms with Crippen molar-refractivity contribution in [1.29, 1.82) is 0 Å². The van der Waals surface area contributed by atoms with Crippen LogP contribution < -0.4 is 4.74 Å². The van der Waals surface area contributed by atoms with Gasteiger partial charge in [-0.15, -0.1) is 0 Å². The van der Waals surface area contributed by atoms with Crippen LogP contribution in [0.1, 0.15) is 10.4 Å². The number of halogens is 1. The number of hydrogen-bond acceptors (Lipinski definition) is 3. The number of Topliss-reactive ketones (excluding diaryl/α,β-unsaturated/α-hetero) is 1. The lowest BCUT2D eigenvalue weighted by atomic mass is 10.0. The maximum atomic E-state index is 12.3. The van der Waals surface area contributed by atoms with Crippen molar-refractivity contribution < 1.29 is 9.53 Å². The van der Waals surface area contributed by atoms with Crippen LogP contribution in [0.15, 0.2) is 60.9 Å². The molecule has 0 aliphatic rings. The van der Waals surface area contributed by atoms with Crippen LogP contribution in [0.25, 0.3) is 10.8 Å². The summed E-state index contributed by atoms with van der Waals surface area (Å²) in [6.07, 6.45) is 3.40. The van der Waals surface area contributed by atoms with Gasteiger partial charge in [0.05, 0.1) is 0 Å². The van der Waals surface area contributed by atoms with Crippen LogP contribution in [0.3, 0.4) is 0 Å². The third-order valence-corrected chi connectivity index (χ3v) is 3.39. The van der Waals surface area contributed by atoms with E-state index in [0.29, 0.717) is 16.3 Å². The average Bonchev–Trinajstić information content (AvgIpc) is 2.52. The molecule has 21 heavy (non-hydrogen) atoms. The number of carbonyl (C=O) groups is 1. The van der Waals surface area contributed by atoms with Gasteiger partial charge in [0.1, 0.15) is 5.75 Å². The van der Waals surface area contributed by atoms with Crippen molar-refractivity contribution in [2.75, 3.05) is 6.61 Å². The molecule has 0 saturated heterocycles. The lowest BCUT2D eigenvalue weighted by Gasteiger charge is -2.08. The van der Waals surface area contributed by atoms with E-state index < -0.39 is 0 Å². The minimum Gasteiger partial charge on any atom is -0.485 e. The molecule has 3 aromatic rings. The van der Waals surface area contributed by atoms with Gasteiger partial charge in [-0.05, 0) is 29.7 Å². The van der Waals surface area contributed by atoms with Gasteiger partial charge in [-0.2, -0.15) is 0 Å². The zero-order valence-electron chi connectivity index (χ0n) is 11.1. The molecule has 1 aromatic heterocycles. The second-order valence-electron chi connectivity index (χ2n) is 4.57. The van der Waals surface area contributed by atoms with Crippen LogP contribution in [-0.2, 0) is 0 Å². The molecule has 0 bridgehead atoms. The molecule has 0 unspecified atom stereocenters. The van der Waals surface area contributed by atoms with Crippen LogP contribution in [0.5, 0.6) is 5.75 Å². The quantitative estimate of drug-likeness (QED) is 0.679. The second-order valence-corrected chi connectivity index (χ2v) is 5.01. The maximum Gasteiger partial charge on any atom is 0.200 e. The molecule has 1 heterocycles. The molecule has 0 N–H and O–H groups in total. The molecule has 0 spiro atoms. The minimum absolute atomic E-state index is 0.0334. The van der Waals surface area contributed by atoms with E-state index in [0.717, 1.165) is 10.8 Å². The van der Waals surface area contributed by atoms with Crippen LogP contribution in [0, 0.1) is 0 Å². The number of ether oxygens (including phenoxy) is 1. The molecule has 2 aromatic carbocycles. The number of benzene rings is 2. The van der Waals surface area contributed by atoms with Gasteiger partial charge in [0.2, 0.25) is 5.78 Å². The number of carbonyl (C=O) groups excluding carboxylic acids is 1. The number of aromatic nitrogens is 1. The van der Waals surface area contributed by atoms with Crippen LogP contribution in [-0.4, -0.2) is 17.4 Å². The minimum atomic E-state index is -0.0893. The lowest BCUT2D eigenvalue weighted by Crippen LogP contribution is -2.12. The number of nitrogens with zero attached hydrogens (tertiary/aromatic N) is 1. The third kappa shape index (κ3) is 3.03. The van der Waals surface area contributed by atoms with E-state index in [1.54, 1.807) is 42.7 Å². The maximum absolute atomic E-state index is 12.3. The van der Waals surface area contributed by atoms with Crippen molar-refractivity contribution in [1.82, 2.24) is 4.98 Å². The van der Waals surface area contributed by atoms with E-state index in [-0.39, 0.29) is 12.4 Å². The van der Waals surface area contributed by atoms with Crippen molar-refractivity contribution in [3.05, 3.63) is 71.5 Å². The standard InChI is InChI=1S/C17H12ClNO2/c18-13-4-2-5-14(9-13)21-11-17(20)15-6-1-3-12-7-8-19-10-16(12)15/h1-10H,11H2. The summed E-state index contributed by atoms with van der Waals surface area (Å²) in [6.45, 7) is -0.0334. The molecular formula is C17H12ClNO2. The predicted molar refractivity (Wildman–Crippen MR) is 83.0 cm³/mol. The molecule has 0 radical (unpaired) electrons. The molecular weight excluding hydrogens is 286 g/mol. The number of ketones is 1. The first-order valence-corrected chi connectivity index (χ1v) is 6.86. The normalized spacial score (nSPS) is 10.5. The Morgan fingerprint density at radius 3 is 2.86 bits per heavy atom. The van der Waals surface area contributed by atoms with Gasteiger partial charge < -0.3 is 4.74 Å². The smallest absolute Gasteiger partial charge is 0.200 e. The highest BCUT2D eigenvalue weighted by molar-refractivity contribution is 6.30. The topological polar surface area (TPSA) is 39.2 Å². The molecule has 0 saturated carbocycles. The Labute approximate surface area is 127 Å². The molecule has 3 rings (SSSR count). The summed E-state index contributed by atoms with van der Waals surface area (Å²) in [5.41, 5.74) is 0.614. The third-order valence-electron chi connectivity index (χ3n) is 3.15. The fourth-order valence-electron chi connectivity index (χ4n) is 2.14. The molecule has 0 fully saturated rings. The Kier molecular flexibility index (Phi) is 3.84. The highest BCUT2D eigenvalue weighted by atomic mass is 35.5. The molecule has 0 aliphatic heterocycles. The van der Waals surface area contributed by atoms with Crippen molar-refractivity contribution in [3.8, 4) is 5.75 Å².